The number of rotatable bonds is 6. The molecule has 1 saturated carbocycles. The minimum absolute atomic E-state index is 0.0975. The van der Waals surface area contributed by atoms with Crippen LogP contribution in [0.1, 0.15) is 25.7 Å². The number of carbonyl (C=O) groups excluding carboxylic acids is 2. The number of nitrogens with one attached hydrogen (secondary N) is 3. The van der Waals surface area contributed by atoms with E-state index in [-0.39, 0.29) is 12.6 Å². The molecule has 1 aliphatic carbocycles. The molecule has 1 aromatic carbocycles. The first kappa shape index (κ1) is 19.4. The van der Waals surface area contributed by atoms with Gasteiger partial charge in [-0.25, -0.2) is 4.79 Å². The molecule has 0 radical (unpaired) electrons. The maximum Gasteiger partial charge on any atom is 0.398 e. The van der Waals surface area contributed by atoms with Crippen LogP contribution in [0.2, 0.25) is 0 Å². The van der Waals surface area contributed by atoms with Gasteiger partial charge in [0.2, 0.25) is 5.91 Å². The van der Waals surface area contributed by atoms with Gasteiger partial charge < -0.3 is 10.6 Å². The fraction of sp³-hybridized carbons (Fsp3) is 0.500. The Bertz CT molecular complexity index is 605. The number of hydrogen-bond donors (Lipinski definition) is 3. The maximum absolute atomic E-state index is 12.3. The molecular weight excluding hydrogens is 355 g/mol. The van der Waals surface area contributed by atoms with Crippen molar-refractivity contribution < 1.29 is 22.8 Å². The second-order valence-electron chi connectivity index (χ2n) is 5.76. The van der Waals surface area contributed by atoms with Gasteiger partial charge >= 0.3 is 12.2 Å². The van der Waals surface area contributed by atoms with Gasteiger partial charge in [0, 0.05) is 16.6 Å². The Morgan fingerprint density at radius 1 is 1.16 bits per heavy atom. The molecule has 1 aromatic rings. The largest absolute Gasteiger partial charge is 0.398 e. The molecule has 1 aliphatic rings. The number of benzene rings is 1. The number of halogens is 3. The topological polar surface area (TPSA) is 70.2 Å². The van der Waals surface area contributed by atoms with Crippen molar-refractivity contribution in [3.8, 4) is 0 Å². The van der Waals surface area contributed by atoms with Crippen LogP contribution < -0.4 is 16.0 Å². The van der Waals surface area contributed by atoms with Crippen molar-refractivity contribution in [1.29, 1.82) is 0 Å². The van der Waals surface area contributed by atoms with Gasteiger partial charge in [-0.3, -0.25) is 10.1 Å². The average molecular weight is 375 g/mol. The molecule has 25 heavy (non-hydrogen) atoms. The lowest BCUT2D eigenvalue weighted by atomic mass is 10.2. The lowest BCUT2D eigenvalue weighted by Gasteiger charge is -2.14. The summed E-state index contributed by atoms with van der Waals surface area (Å²) in [5, 5.41) is 7.71. The summed E-state index contributed by atoms with van der Waals surface area (Å²) in [4.78, 5) is 23.9. The number of imide groups is 1. The van der Waals surface area contributed by atoms with E-state index in [9.17, 15) is 22.8 Å². The molecule has 0 saturated heterocycles. The van der Waals surface area contributed by atoms with Crippen molar-refractivity contribution in [3.63, 3.8) is 0 Å². The standard InChI is InChI=1S/C16H20F3N3O2S/c17-16(18,19)10-25-13-8-4-3-7-12(13)20-9-14(23)22-15(24)21-11-5-1-2-6-11/h3-4,7-8,11,20H,1-2,5-6,9-10H2,(H2,21,22,23,24). The number of urea groups is 1. The van der Waals surface area contributed by atoms with Crippen molar-refractivity contribution in [2.24, 2.45) is 0 Å². The van der Waals surface area contributed by atoms with Gasteiger partial charge in [-0.2, -0.15) is 13.2 Å². The fourth-order valence-corrected chi connectivity index (χ4v) is 3.33. The predicted octanol–water partition coefficient (Wildman–Crippen LogP) is 3.52. The van der Waals surface area contributed by atoms with Gasteiger partial charge in [0.05, 0.1) is 12.3 Å². The molecule has 0 bridgehead atoms. The average Bonchev–Trinajstić information content (AvgIpc) is 3.03. The summed E-state index contributed by atoms with van der Waals surface area (Å²) in [6.45, 7) is -0.207. The zero-order valence-electron chi connectivity index (χ0n) is 13.5. The summed E-state index contributed by atoms with van der Waals surface area (Å²) in [5.74, 6) is -1.56. The molecule has 0 aliphatic heterocycles. The van der Waals surface area contributed by atoms with E-state index in [0.29, 0.717) is 22.3 Å². The van der Waals surface area contributed by atoms with Crippen LogP contribution in [0.4, 0.5) is 23.7 Å². The van der Waals surface area contributed by atoms with Crippen LogP contribution in [0.3, 0.4) is 0 Å². The Labute approximate surface area is 148 Å². The highest BCUT2D eigenvalue weighted by molar-refractivity contribution is 7.99. The zero-order chi connectivity index (χ0) is 18.3. The lowest BCUT2D eigenvalue weighted by Crippen LogP contribution is -2.45. The molecule has 3 amide bonds. The lowest BCUT2D eigenvalue weighted by molar-refractivity contribution is -0.118. The first-order chi connectivity index (χ1) is 11.8. The fourth-order valence-electron chi connectivity index (χ4n) is 2.54. The number of carbonyl (C=O) groups is 2. The van der Waals surface area contributed by atoms with E-state index in [2.05, 4.69) is 16.0 Å². The van der Waals surface area contributed by atoms with Crippen molar-refractivity contribution in [2.75, 3.05) is 17.6 Å². The van der Waals surface area contributed by atoms with E-state index < -0.39 is 23.9 Å². The quantitative estimate of drug-likeness (QED) is 0.666. The molecule has 3 N–H and O–H groups in total. The Morgan fingerprint density at radius 3 is 2.52 bits per heavy atom. The number of anilines is 1. The van der Waals surface area contributed by atoms with Gasteiger partial charge in [-0.15, -0.1) is 11.8 Å². The third-order valence-electron chi connectivity index (χ3n) is 3.66. The molecule has 2 rings (SSSR count). The summed E-state index contributed by atoms with van der Waals surface area (Å²) in [6, 6.07) is 5.97. The summed E-state index contributed by atoms with van der Waals surface area (Å²) < 4.78 is 37.0. The van der Waals surface area contributed by atoms with Crippen LogP contribution in [-0.2, 0) is 4.79 Å². The Hall–Kier alpha value is -1.90. The predicted molar refractivity (Wildman–Crippen MR) is 90.6 cm³/mol. The molecule has 1 fully saturated rings. The van der Waals surface area contributed by atoms with Gasteiger partial charge in [0.15, 0.2) is 0 Å². The molecule has 0 atom stereocenters. The molecule has 9 heteroatoms. The van der Waals surface area contributed by atoms with Gasteiger partial charge in [-0.1, -0.05) is 25.0 Å². The van der Waals surface area contributed by atoms with E-state index in [1.807, 2.05) is 0 Å². The van der Waals surface area contributed by atoms with E-state index in [0.717, 1.165) is 25.7 Å². The minimum atomic E-state index is -4.27. The highest BCUT2D eigenvalue weighted by atomic mass is 32.2. The summed E-state index contributed by atoms with van der Waals surface area (Å²) in [5.41, 5.74) is 0.420. The third-order valence-corrected chi connectivity index (χ3v) is 4.80. The Morgan fingerprint density at radius 2 is 1.84 bits per heavy atom. The van der Waals surface area contributed by atoms with E-state index in [4.69, 9.17) is 0 Å². The number of amides is 3. The summed E-state index contributed by atoms with van der Waals surface area (Å²) >= 11 is 0.642. The van der Waals surface area contributed by atoms with Crippen molar-refractivity contribution >= 4 is 29.4 Å². The summed E-state index contributed by atoms with van der Waals surface area (Å²) in [6.07, 6.45) is -0.333. The van der Waals surface area contributed by atoms with Crippen LogP contribution in [0.15, 0.2) is 29.2 Å². The van der Waals surface area contributed by atoms with Crippen molar-refractivity contribution in [2.45, 2.75) is 42.8 Å². The third kappa shape index (κ3) is 7.25. The summed E-state index contributed by atoms with van der Waals surface area (Å²) in [7, 11) is 0. The molecule has 0 spiro atoms. The first-order valence-electron chi connectivity index (χ1n) is 7.96. The number of hydrogen-bond acceptors (Lipinski definition) is 4. The number of para-hydroxylation sites is 1. The van der Waals surface area contributed by atoms with Crippen molar-refractivity contribution in [1.82, 2.24) is 10.6 Å². The van der Waals surface area contributed by atoms with Crippen LogP contribution >= 0.6 is 11.8 Å². The van der Waals surface area contributed by atoms with Crippen LogP contribution in [0.5, 0.6) is 0 Å². The minimum Gasteiger partial charge on any atom is -0.375 e. The van der Waals surface area contributed by atoms with Crippen LogP contribution in [-0.4, -0.2) is 36.5 Å². The molecule has 138 valence electrons. The normalized spacial score (nSPS) is 15.0. The molecular formula is C16H20F3N3O2S. The second-order valence-corrected chi connectivity index (χ2v) is 6.77. The van der Waals surface area contributed by atoms with Gasteiger partial charge in [0.1, 0.15) is 0 Å². The highest BCUT2D eigenvalue weighted by Crippen LogP contribution is 2.31. The Kier molecular flexibility index (Phi) is 6.98. The second kappa shape index (κ2) is 8.98. The smallest absolute Gasteiger partial charge is 0.375 e. The van der Waals surface area contributed by atoms with Crippen LogP contribution in [0.25, 0.3) is 0 Å². The monoisotopic (exact) mass is 375 g/mol. The molecule has 0 aromatic heterocycles. The number of alkyl halides is 3. The van der Waals surface area contributed by atoms with E-state index in [1.165, 1.54) is 0 Å². The van der Waals surface area contributed by atoms with Gasteiger partial charge in [-0.05, 0) is 25.0 Å². The maximum atomic E-state index is 12.3. The van der Waals surface area contributed by atoms with Crippen molar-refractivity contribution in [3.05, 3.63) is 24.3 Å². The molecule has 0 unspecified atom stereocenters. The Balaban J connectivity index is 1.79. The SMILES string of the molecule is O=C(CNc1ccccc1SCC(F)(F)F)NC(=O)NC1CCCC1. The molecule has 5 nitrogen and oxygen atoms in total. The zero-order valence-corrected chi connectivity index (χ0v) is 14.3. The highest BCUT2D eigenvalue weighted by Gasteiger charge is 2.27. The van der Waals surface area contributed by atoms with Gasteiger partial charge in [0.25, 0.3) is 0 Å². The number of thioether (sulfide) groups is 1. The molecule has 0 heterocycles. The van der Waals surface area contributed by atoms with E-state index >= 15 is 0 Å². The van der Waals surface area contributed by atoms with E-state index in [1.54, 1.807) is 24.3 Å². The van der Waals surface area contributed by atoms with Crippen LogP contribution in [0, 0.1) is 0 Å². The first-order valence-corrected chi connectivity index (χ1v) is 8.95.